The SMILES string of the molecule is CCOC(=O)[C@H](Cc1ccc(OP(Cc2ccccc2)Cc2ccccc2)c(OCc2ccccc2)c1)NC(=O)OCc1ccccc1. The van der Waals surface area contributed by atoms with E-state index in [-0.39, 0.29) is 19.6 Å². The van der Waals surface area contributed by atoms with Crippen LogP contribution in [0.15, 0.2) is 140 Å². The van der Waals surface area contributed by atoms with E-state index in [4.69, 9.17) is 18.7 Å². The van der Waals surface area contributed by atoms with E-state index in [1.54, 1.807) is 6.92 Å². The number of carbonyl (C=O) groups excluding carboxylic acids is 2. The number of carbonyl (C=O) groups is 2. The van der Waals surface area contributed by atoms with Crippen molar-refractivity contribution in [2.24, 2.45) is 0 Å². The van der Waals surface area contributed by atoms with Crippen LogP contribution in [0, 0.1) is 0 Å². The van der Waals surface area contributed by atoms with Gasteiger partial charge < -0.3 is 24.1 Å². The summed E-state index contributed by atoms with van der Waals surface area (Å²) in [4.78, 5) is 25.7. The van der Waals surface area contributed by atoms with Crippen molar-refractivity contribution in [1.29, 1.82) is 0 Å². The summed E-state index contributed by atoms with van der Waals surface area (Å²) in [7, 11) is -0.975. The second-order valence-electron chi connectivity index (χ2n) is 11.1. The number of benzene rings is 5. The Bertz CT molecular complexity index is 1660. The summed E-state index contributed by atoms with van der Waals surface area (Å²) in [6.45, 7) is 2.33. The Hall–Kier alpha value is -5.13. The molecule has 1 N–H and O–H groups in total. The number of esters is 1. The van der Waals surface area contributed by atoms with E-state index in [0.29, 0.717) is 18.1 Å². The largest absolute Gasteiger partial charge is 0.485 e. The van der Waals surface area contributed by atoms with Crippen LogP contribution in [0.25, 0.3) is 0 Å². The number of alkyl carbamates (subject to hydrolysis) is 1. The Kier molecular flexibility index (Phi) is 13.0. The third-order valence-electron chi connectivity index (χ3n) is 7.39. The maximum Gasteiger partial charge on any atom is 0.408 e. The smallest absolute Gasteiger partial charge is 0.408 e. The molecule has 0 bridgehead atoms. The molecule has 5 rings (SSSR count). The van der Waals surface area contributed by atoms with Crippen molar-refractivity contribution >= 4 is 20.2 Å². The van der Waals surface area contributed by atoms with Gasteiger partial charge in [0.25, 0.3) is 0 Å². The highest BCUT2D eigenvalue weighted by Crippen LogP contribution is 2.47. The van der Waals surface area contributed by atoms with Gasteiger partial charge in [0.2, 0.25) is 0 Å². The molecule has 0 saturated carbocycles. The van der Waals surface area contributed by atoms with E-state index in [1.807, 2.05) is 115 Å². The fourth-order valence-electron chi connectivity index (χ4n) is 5.02. The Morgan fingerprint density at radius 1 is 0.604 bits per heavy atom. The Labute approximate surface area is 283 Å². The first-order chi connectivity index (χ1) is 23.6. The van der Waals surface area contributed by atoms with Crippen molar-refractivity contribution in [3.8, 4) is 11.5 Å². The van der Waals surface area contributed by atoms with Crippen LogP contribution >= 0.6 is 8.15 Å². The molecule has 5 aromatic rings. The van der Waals surface area contributed by atoms with Crippen molar-refractivity contribution in [3.63, 3.8) is 0 Å². The monoisotopic (exact) mass is 661 g/mol. The summed E-state index contributed by atoms with van der Waals surface area (Å²) >= 11 is 0. The first kappa shape index (κ1) is 34.2. The van der Waals surface area contributed by atoms with E-state index in [0.717, 1.165) is 29.0 Å². The van der Waals surface area contributed by atoms with Gasteiger partial charge in [-0.15, -0.1) is 0 Å². The topological polar surface area (TPSA) is 83.1 Å². The van der Waals surface area contributed by atoms with Crippen LogP contribution in [0.3, 0.4) is 0 Å². The van der Waals surface area contributed by atoms with Gasteiger partial charge in [-0.1, -0.05) is 127 Å². The first-order valence-corrected chi connectivity index (χ1v) is 17.6. The zero-order valence-corrected chi connectivity index (χ0v) is 27.9. The van der Waals surface area contributed by atoms with Gasteiger partial charge in [-0.25, -0.2) is 9.59 Å². The first-order valence-electron chi connectivity index (χ1n) is 16.0. The quantitative estimate of drug-likeness (QED) is 0.0841. The third kappa shape index (κ3) is 11.0. The van der Waals surface area contributed by atoms with Gasteiger partial charge in [0.05, 0.1) is 14.8 Å². The fraction of sp³-hybridized carbons (Fsp3) is 0.200. The standard InChI is InChI=1S/C40H40NO6P/c1-2-44-39(42)36(41-40(43)46-28-32-17-9-4-10-18-32)25-35-23-24-37(38(26-35)45-27-31-15-7-3-8-16-31)47-48(29-33-19-11-5-12-20-33)30-34-21-13-6-14-22-34/h3-24,26,36H,2,25,27-30H2,1H3,(H,41,43)/t36-/m0/s1. The molecule has 0 aliphatic rings. The van der Waals surface area contributed by atoms with Crippen LogP contribution in [-0.4, -0.2) is 24.7 Å². The van der Waals surface area contributed by atoms with E-state index < -0.39 is 26.3 Å². The maximum absolute atomic E-state index is 13.0. The molecule has 0 radical (unpaired) electrons. The minimum Gasteiger partial charge on any atom is -0.485 e. The molecule has 246 valence electrons. The molecular weight excluding hydrogens is 621 g/mol. The van der Waals surface area contributed by atoms with Gasteiger partial charge in [-0.3, -0.25) is 0 Å². The van der Waals surface area contributed by atoms with Crippen molar-refractivity contribution in [1.82, 2.24) is 5.32 Å². The molecule has 0 spiro atoms. The molecule has 0 aromatic heterocycles. The highest BCUT2D eigenvalue weighted by Gasteiger charge is 2.25. The number of amides is 1. The highest BCUT2D eigenvalue weighted by atomic mass is 31.1. The predicted octanol–water partition coefficient (Wildman–Crippen LogP) is 8.84. The van der Waals surface area contributed by atoms with Crippen LogP contribution in [0.5, 0.6) is 11.5 Å². The summed E-state index contributed by atoms with van der Waals surface area (Å²) in [5, 5.41) is 2.69. The number of ether oxygens (including phenoxy) is 3. The van der Waals surface area contributed by atoms with Gasteiger partial charge in [-0.05, 0) is 46.9 Å². The number of rotatable bonds is 16. The molecule has 7 nitrogen and oxygen atoms in total. The van der Waals surface area contributed by atoms with Crippen LogP contribution in [0.1, 0.15) is 34.7 Å². The third-order valence-corrected chi connectivity index (χ3v) is 9.28. The number of hydrogen-bond donors (Lipinski definition) is 1. The van der Waals surface area contributed by atoms with Crippen LogP contribution in [0.2, 0.25) is 0 Å². The molecule has 0 saturated heterocycles. The second-order valence-corrected chi connectivity index (χ2v) is 12.9. The summed E-state index contributed by atoms with van der Waals surface area (Å²) < 4.78 is 23.9. The van der Waals surface area contributed by atoms with E-state index in [9.17, 15) is 9.59 Å². The lowest BCUT2D eigenvalue weighted by atomic mass is 10.1. The highest BCUT2D eigenvalue weighted by molar-refractivity contribution is 7.51. The Morgan fingerprint density at radius 2 is 1.12 bits per heavy atom. The average molecular weight is 662 g/mol. The molecule has 8 heteroatoms. The average Bonchev–Trinajstić information content (AvgIpc) is 3.12. The zero-order chi connectivity index (χ0) is 33.4. The Balaban J connectivity index is 1.37. The summed E-state index contributed by atoms with van der Waals surface area (Å²) in [5.41, 5.74) is 5.02. The lowest BCUT2D eigenvalue weighted by Crippen LogP contribution is -2.43. The lowest BCUT2D eigenvalue weighted by molar-refractivity contribution is -0.145. The fourth-order valence-corrected chi connectivity index (χ4v) is 6.92. The van der Waals surface area contributed by atoms with E-state index in [2.05, 4.69) is 29.6 Å². The van der Waals surface area contributed by atoms with Gasteiger partial charge in [0.15, 0.2) is 11.5 Å². The number of nitrogens with one attached hydrogen (secondary N) is 1. The minimum atomic E-state index is -0.975. The van der Waals surface area contributed by atoms with Crippen LogP contribution in [0.4, 0.5) is 4.79 Å². The van der Waals surface area contributed by atoms with Crippen molar-refractivity contribution in [2.75, 3.05) is 6.61 Å². The predicted molar refractivity (Wildman–Crippen MR) is 189 cm³/mol. The van der Waals surface area contributed by atoms with Crippen molar-refractivity contribution < 1.29 is 28.3 Å². The second kappa shape index (κ2) is 18.3. The Morgan fingerprint density at radius 3 is 1.67 bits per heavy atom. The van der Waals surface area contributed by atoms with Crippen LogP contribution in [-0.2, 0) is 46.2 Å². The molecule has 48 heavy (non-hydrogen) atoms. The summed E-state index contributed by atoms with van der Waals surface area (Å²) in [6, 6.07) is 44.6. The lowest BCUT2D eigenvalue weighted by Gasteiger charge is -2.22. The normalized spacial score (nSPS) is 11.4. The summed E-state index contributed by atoms with van der Waals surface area (Å²) in [5.74, 6) is 0.630. The molecule has 5 aromatic carbocycles. The molecule has 0 aliphatic carbocycles. The van der Waals surface area contributed by atoms with Crippen molar-refractivity contribution in [2.45, 2.75) is 44.9 Å². The zero-order valence-electron chi connectivity index (χ0n) is 27.0. The molecule has 0 aliphatic heterocycles. The molecule has 1 atom stereocenters. The minimum absolute atomic E-state index is 0.0840. The van der Waals surface area contributed by atoms with Gasteiger partial charge in [0, 0.05) is 18.7 Å². The summed E-state index contributed by atoms with van der Waals surface area (Å²) in [6.07, 6.45) is 1.00. The maximum atomic E-state index is 13.0. The van der Waals surface area contributed by atoms with Gasteiger partial charge in [-0.2, -0.15) is 0 Å². The van der Waals surface area contributed by atoms with Crippen molar-refractivity contribution in [3.05, 3.63) is 167 Å². The molecule has 0 fully saturated rings. The molecule has 0 unspecified atom stereocenters. The molecule has 0 heterocycles. The van der Waals surface area contributed by atoms with Gasteiger partial charge in [0.1, 0.15) is 19.3 Å². The van der Waals surface area contributed by atoms with Gasteiger partial charge >= 0.3 is 12.1 Å². The van der Waals surface area contributed by atoms with Crippen LogP contribution < -0.4 is 14.6 Å². The van der Waals surface area contributed by atoms with E-state index in [1.165, 1.54) is 11.1 Å². The van der Waals surface area contributed by atoms with E-state index >= 15 is 0 Å². The number of hydrogen-bond acceptors (Lipinski definition) is 6. The molecular formula is C40H40NO6P. The molecule has 1 amide bonds.